The lowest BCUT2D eigenvalue weighted by Gasteiger charge is -2.32. The molecule has 0 saturated carbocycles. The van der Waals surface area contributed by atoms with Crippen molar-refractivity contribution >= 4 is 28.9 Å². The van der Waals surface area contributed by atoms with Gasteiger partial charge in [-0.05, 0) is 48.5 Å². The summed E-state index contributed by atoms with van der Waals surface area (Å²) in [6.07, 6.45) is -3.17. The van der Waals surface area contributed by atoms with Crippen LogP contribution in [0, 0.1) is 5.82 Å². The molecule has 7 nitrogen and oxygen atoms in total. The van der Waals surface area contributed by atoms with Crippen LogP contribution in [0.1, 0.15) is 5.56 Å². The number of amides is 2. The number of hydrogen-bond acceptors (Lipinski definition) is 5. The van der Waals surface area contributed by atoms with E-state index in [9.17, 15) is 22.4 Å². The van der Waals surface area contributed by atoms with E-state index >= 15 is 0 Å². The number of benzene rings is 2. The molecule has 2 amide bonds. The number of halogens is 4. The van der Waals surface area contributed by atoms with Crippen molar-refractivity contribution in [1.29, 1.82) is 0 Å². The first-order valence-electron chi connectivity index (χ1n) is 9.71. The number of nitrogens with two attached hydrogens (primary N) is 1. The Bertz CT molecular complexity index is 1320. The molecule has 2 N–H and O–H groups in total. The molecule has 172 valence electrons. The molecule has 0 unspecified atom stereocenters. The molecule has 4 rings (SSSR count). The average Bonchev–Trinajstić information content (AvgIpc) is 3.22. The third kappa shape index (κ3) is 4.09. The van der Waals surface area contributed by atoms with Crippen molar-refractivity contribution in [2.45, 2.75) is 6.18 Å². The van der Waals surface area contributed by atoms with Gasteiger partial charge in [0.05, 0.1) is 28.4 Å². The molecule has 1 aliphatic rings. The lowest BCUT2D eigenvalue weighted by atomic mass is 10.1. The maximum atomic E-state index is 14.4. The van der Waals surface area contributed by atoms with Crippen molar-refractivity contribution in [3.05, 3.63) is 76.9 Å². The number of nitrogens with zero attached hydrogens (tertiary/aromatic N) is 4. The number of carbonyl (C=O) groups is 1. The number of fused-ring (bicyclic) bond motifs is 1. The molecule has 0 saturated heterocycles. The number of alkyl halides is 3. The van der Waals surface area contributed by atoms with Crippen LogP contribution < -0.4 is 26.3 Å². The molecular formula is C22H19F4N5O2. The van der Waals surface area contributed by atoms with Crippen LogP contribution in [0.5, 0.6) is 0 Å². The smallest absolute Gasteiger partial charge is 0.416 e. The number of hydrogen-bond donors (Lipinski definition) is 1. The Labute approximate surface area is 185 Å². The fourth-order valence-corrected chi connectivity index (χ4v) is 3.65. The van der Waals surface area contributed by atoms with Gasteiger partial charge in [0.2, 0.25) is 5.55 Å². The van der Waals surface area contributed by atoms with E-state index in [0.29, 0.717) is 34.3 Å². The van der Waals surface area contributed by atoms with Crippen LogP contribution in [0.4, 0.5) is 39.4 Å². The van der Waals surface area contributed by atoms with Crippen LogP contribution in [-0.2, 0) is 6.18 Å². The van der Waals surface area contributed by atoms with Crippen LogP contribution in [0.3, 0.4) is 0 Å². The van der Waals surface area contributed by atoms with Gasteiger partial charge in [-0.15, -0.1) is 0 Å². The Balaban J connectivity index is 1.74. The van der Waals surface area contributed by atoms with E-state index in [-0.39, 0.29) is 12.4 Å². The summed E-state index contributed by atoms with van der Waals surface area (Å²) >= 11 is 0. The van der Waals surface area contributed by atoms with Crippen molar-refractivity contribution in [2.75, 3.05) is 30.6 Å². The normalized spacial score (nSPS) is 13.4. The van der Waals surface area contributed by atoms with Crippen LogP contribution in [0.25, 0.3) is 5.82 Å². The molecular weight excluding hydrogens is 442 g/mol. The van der Waals surface area contributed by atoms with Gasteiger partial charge >= 0.3 is 12.2 Å². The number of carbonyl (C=O) groups excluding carboxylic acids is 1. The predicted octanol–water partition coefficient (Wildman–Crippen LogP) is 3.38. The van der Waals surface area contributed by atoms with E-state index in [2.05, 4.69) is 4.99 Å². The first-order valence-corrected chi connectivity index (χ1v) is 9.71. The minimum atomic E-state index is -4.71. The van der Waals surface area contributed by atoms with Gasteiger partial charge < -0.3 is 20.0 Å². The van der Waals surface area contributed by atoms with E-state index < -0.39 is 29.3 Å². The Kier molecular flexibility index (Phi) is 5.48. The summed E-state index contributed by atoms with van der Waals surface area (Å²) in [5.41, 5.74) is 5.01. The van der Waals surface area contributed by atoms with Crippen LogP contribution in [-0.4, -0.2) is 31.7 Å². The molecule has 0 fully saturated rings. The maximum Gasteiger partial charge on any atom is 0.416 e. The van der Waals surface area contributed by atoms with Gasteiger partial charge in [0.15, 0.2) is 0 Å². The molecule has 0 radical (unpaired) electrons. The Morgan fingerprint density at radius 1 is 1.12 bits per heavy atom. The number of rotatable bonds is 4. The van der Waals surface area contributed by atoms with E-state index in [1.165, 1.54) is 12.1 Å². The number of urea groups is 1. The first kappa shape index (κ1) is 22.2. The zero-order valence-electron chi connectivity index (χ0n) is 17.6. The number of anilines is 3. The molecule has 33 heavy (non-hydrogen) atoms. The van der Waals surface area contributed by atoms with Crippen LogP contribution >= 0.6 is 0 Å². The molecule has 3 aromatic rings. The molecule has 1 aromatic heterocycles. The highest BCUT2D eigenvalue weighted by molar-refractivity contribution is 5.98. The first-order chi connectivity index (χ1) is 15.6. The Hall–Kier alpha value is -4.02. The Morgan fingerprint density at radius 3 is 2.42 bits per heavy atom. The summed E-state index contributed by atoms with van der Waals surface area (Å²) in [6, 6.07) is 8.69. The monoisotopic (exact) mass is 461 g/mol. The van der Waals surface area contributed by atoms with Gasteiger partial charge in [-0.25, -0.2) is 14.2 Å². The molecule has 1 aliphatic heterocycles. The fourth-order valence-electron chi connectivity index (χ4n) is 3.65. The molecule has 2 aromatic carbocycles. The predicted molar refractivity (Wildman–Crippen MR) is 113 cm³/mol. The summed E-state index contributed by atoms with van der Waals surface area (Å²) in [6.45, 7) is 0.259. The highest BCUT2D eigenvalue weighted by Crippen LogP contribution is 2.36. The van der Waals surface area contributed by atoms with Gasteiger partial charge in [-0.3, -0.25) is 4.90 Å². The van der Waals surface area contributed by atoms with Gasteiger partial charge in [0.25, 0.3) is 0 Å². The summed E-state index contributed by atoms with van der Waals surface area (Å²) < 4.78 is 59.2. The van der Waals surface area contributed by atoms with Crippen molar-refractivity contribution in [3.8, 4) is 0 Å². The van der Waals surface area contributed by atoms with Crippen molar-refractivity contribution in [1.82, 2.24) is 4.90 Å². The second kappa shape index (κ2) is 8.15. The highest BCUT2D eigenvalue weighted by atomic mass is 19.4. The van der Waals surface area contributed by atoms with Crippen LogP contribution in [0.2, 0.25) is 0 Å². The molecule has 0 bridgehead atoms. The minimum Gasteiger partial charge on any atom is -0.446 e. The SMILES string of the molecule is CN(C)C1=c2ccoc2=NCN1c1ccc(N(C(N)=O)c2cc(C(F)(F)F)ccc2F)cc1. The number of primary amides is 1. The second-order valence-electron chi connectivity index (χ2n) is 7.44. The molecule has 0 spiro atoms. The quantitative estimate of drug-likeness (QED) is 0.605. The standard InChI is InChI=1S/C22H19F4N5O2/c1-29(2)20-16-9-10-33-19(16)28-12-30(20)14-4-6-15(7-5-14)31(21(27)32)18-11-13(22(24,25)26)3-8-17(18)23/h3-11H,12H2,1-2H3,(H2,27,32). The second-order valence-corrected chi connectivity index (χ2v) is 7.44. The lowest BCUT2D eigenvalue weighted by molar-refractivity contribution is -0.137. The average molecular weight is 461 g/mol. The molecule has 2 heterocycles. The summed E-state index contributed by atoms with van der Waals surface area (Å²) in [5.74, 6) is -0.200. The van der Waals surface area contributed by atoms with E-state index in [0.717, 1.165) is 11.0 Å². The minimum absolute atomic E-state index is 0.105. The topological polar surface area (TPSA) is 78.3 Å². The van der Waals surface area contributed by atoms with Crippen molar-refractivity contribution < 1.29 is 26.8 Å². The molecule has 0 atom stereocenters. The fraction of sp³-hybridized carbons (Fsp3) is 0.182. The van der Waals surface area contributed by atoms with Crippen LogP contribution in [0.15, 0.2) is 64.2 Å². The van der Waals surface area contributed by atoms with E-state index in [1.54, 1.807) is 24.5 Å². The largest absolute Gasteiger partial charge is 0.446 e. The zero-order valence-corrected chi connectivity index (χ0v) is 17.6. The van der Waals surface area contributed by atoms with Gasteiger partial charge in [0.1, 0.15) is 18.3 Å². The van der Waals surface area contributed by atoms with Crippen molar-refractivity contribution in [3.63, 3.8) is 0 Å². The van der Waals surface area contributed by atoms with Crippen molar-refractivity contribution in [2.24, 2.45) is 10.7 Å². The van der Waals surface area contributed by atoms with Gasteiger partial charge in [-0.1, -0.05) is 0 Å². The third-order valence-electron chi connectivity index (χ3n) is 5.08. The Morgan fingerprint density at radius 2 is 1.82 bits per heavy atom. The zero-order chi connectivity index (χ0) is 23.9. The van der Waals surface area contributed by atoms with E-state index in [1.807, 2.05) is 23.9 Å². The lowest BCUT2D eigenvalue weighted by Crippen LogP contribution is -2.43. The summed E-state index contributed by atoms with van der Waals surface area (Å²) in [7, 11) is 3.73. The highest BCUT2D eigenvalue weighted by Gasteiger charge is 2.32. The maximum absolute atomic E-state index is 14.4. The number of furan rings is 1. The van der Waals surface area contributed by atoms with E-state index in [4.69, 9.17) is 10.2 Å². The summed E-state index contributed by atoms with van der Waals surface area (Å²) in [4.78, 5) is 21.0. The van der Waals surface area contributed by atoms with Gasteiger partial charge in [0, 0.05) is 19.8 Å². The summed E-state index contributed by atoms with van der Waals surface area (Å²) in [5, 5.41) is 0.792. The van der Waals surface area contributed by atoms with Gasteiger partial charge in [-0.2, -0.15) is 13.2 Å². The third-order valence-corrected chi connectivity index (χ3v) is 5.08. The molecule has 0 aliphatic carbocycles. The molecule has 11 heteroatoms.